The molecule has 0 aliphatic heterocycles. The first kappa shape index (κ1) is 11.2. The summed E-state index contributed by atoms with van der Waals surface area (Å²) in [6.45, 7) is 0. The molecule has 2 aromatic carbocycles. The van der Waals surface area contributed by atoms with Crippen LogP contribution in [0.25, 0.3) is 11.1 Å². The summed E-state index contributed by atoms with van der Waals surface area (Å²) in [6, 6.07) is 12.6. The van der Waals surface area contributed by atoms with Gasteiger partial charge in [0.05, 0.1) is 0 Å². The maximum atomic E-state index is 10.6. The smallest absolute Gasteiger partial charge is 0.150 e. The fourth-order valence-corrected chi connectivity index (χ4v) is 1.98. The normalized spacial score (nSPS) is 10.1. The van der Waals surface area contributed by atoms with Crippen molar-refractivity contribution in [3.63, 3.8) is 0 Å². The van der Waals surface area contributed by atoms with E-state index in [1.54, 1.807) is 18.2 Å². The molecule has 0 saturated carbocycles. The predicted molar refractivity (Wildman–Crippen MR) is 67.3 cm³/mol. The van der Waals surface area contributed by atoms with Crippen molar-refractivity contribution in [2.24, 2.45) is 0 Å². The largest absolute Gasteiger partial charge is 0.298 e. The van der Waals surface area contributed by atoms with E-state index in [-0.39, 0.29) is 0 Å². The fraction of sp³-hybridized carbons (Fsp3) is 0. The Bertz CT molecular complexity index is 535. The Morgan fingerprint density at radius 3 is 2.44 bits per heavy atom. The van der Waals surface area contributed by atoms with E-state index in [1.165, 1.54) is 0 Å². The van der Waals surface area contributed by atoms with Crippen LogP contribution in [0.15, 0.2) is 42.5 Å². The summed E-state index contributed by atoms with van der Waals surface area (Å²) >= 11 is 12.0. The number of halogens is 2. The summed E-state index contributed by atoms with van der Waals surface area (Å²) < 4.78 is 0. The zero-order valence-corrected chi connectivity index (χ0v) is 9.79. The van der Waals surface area contributed by atoms with Crippen molar-refractivity contribution in [2.75, 3.05) is 0 Å². The number of rotatable bonds is 2. The number of hydrogen-bond acceptors (Lipinski definition) is 1. The third kappa shape index (κ3) is 2.26. The number of aldehydes is 1. The predicted octanol–water partition coefficient (Wildman–Crippen LogP) is 4.47. The second-order valence-electron chi connectivity index (χ2n) is 3.37. The lowest BCUT2D eigenvalue weighted by atomic mass is 10.0. The summed E-state index contributed by atoms with van der Waals surface area (Å²) in [4.78, 5) is 10.6. The SMILES string of the molecule is O=Cc1ccc(-c2cccc(Cl)c2)c(Cl)c1. The number of benzene rings is 2. The number of hydrogen-bond donors (Lipinski definition) is 0. The summed E-state index contributed by atoms with van der Waals surface area (Å²) in [5, 5.41) is 1.21. The van der Waals surface area contributed by atoms with Gasteiger partial charge in [-0.3, -0.25) is 4.79 Å². The highest BCUT2D eigenvalue weighted by Gasteiger charge is 2.04. The van der Waals surface area contributed by atoms with Crippen LogP contribution in [-0.4, -0.2) is 6.29 Å². The van der Waals surface area contributed by atoms with Gasteiger partial charge in [0, 0.05) is 21.2 Å². The molecule has 0 fully saturated rings. The quantitative estimate of drug-likeness (QED) is 0.719. The molecule has 16 heavy (non-hydrogen) atoms. The van der Waals surface area contributed by atoms with E-state index in [1.807, 2.05) is 24.3 Å². The van der Waals surface area contributed by atoms with Gasteiger partial charge >= 0.3 is 0 Å². The van der Waals surface area contributed by atoms with Crippen LogP contribution in [0.2, 0.25) is 10.0 Å². The number of carbonyl (C=O) groups is 1. The minimum atomic E-state index is 0.548. The average Bonchev–Trinajstić information content (AvgIpc) is 2.28. The van der Waals surface area contributed by atoms with Crippen LogP contribution < -0.4 is 0 Å². The molecule has 0 aromatic heterocycles. The molecular formula is C13H8Cl2O. The van der Waals surface area contributed by atoms with Crippen LogP contribution in [0.4, 0.5) is 0 Å². The Kier molecular flexibility index (Phi) is 3.28. The van der Waals surface area contributed by atoms with Crippen LogP contribution >= 0.6 is 23.2 Å². The molecule has 1 nitrogen and oxygen atoms in total. The molecule has 0 aliphatic rings. The number of carbonyl (C=O) groups excluding carboxylic acids is 1. The van der Waals surface area contributed by atoms with Crippen molar-refractivity contribution in [1.82, 2.24) is 0 Å². The molecule has 0 saturated heterocycles. The maximum absolute atomic E-state index is 10.6. The zero-order chi connectivity index (χ0) is 11.5. The van der Waals surface area contributed by atoms with Gasteiger partial charge in [0.2, 0.25) is 0 Å². The molecule has 2 rings (SSSR count). The van der Waals surface area contributed by atoms with E-state index in [2.05, 4.69) is 0 Å². The second kappa shape index (κ2) is 4.69. The highest BCUT2D eigenvalue weighted by molar-refractivity contribution is 6.34. The van der Waals surface area contributed by atoms with E-state index in [0.29, 0.717) is 15.6 Å². The van der Waals surface area contributed by atoms with Crippen molar-refractivity contribution >= 4 is 29.5 Å². The van der Waals surface area contributed by atoms with Crippen LogP contribution in [-0.2, 0) is 0 Å². The van der Waals surface area contributed by atoms with Crippen molar-refractivity contribution < 1.29 is 4.79 Å². The lowest BCUT2D eigenvalue weighted by Gasteiger charge is -2.05. The average molecular weight is 251 g/mol. The van der Waals surface area contributed by atoms with Crippen molar-refractivity contribution in [2.45, 2.75) is 0 Å². The maximum Gasteiger partial charge on any atom is 0.150 e. The van der Waals surface area contributed by atoms with Crippen LogP contribution in [0.1, 0.15) is 10.4 Å². The summed E-state index contributed by atoms with van der Waals surface area (Å²) in [6.07, 6.45) is 0.771. The highest BCUT2D eigenvalue weighted by Crippen LogP contribution is 2.29. The Morgan fingerprint density at radius 2 is 1.81 bits per heavy atom. The van der Waals surface area contributed by atoms with Crippen LogP contribution in [0.5, 0.6) is 0 Å². The monoisotopic (exact) mass is 250 g/mol. The second-order valence-corrected chi connectivity index (χ2v) is 4.21. The third-order valence-corrected chi connectivity index (χ3v) is 2.81. The Hall–Kier alpha value is -1.31. The zero-order valence-electron chi connectivity index (χ0n) is 8.28. The Morgan fingerprint density at radius 1 is 1.00 bits per heavy atom. The molecule has 3 heteroatoms. The molecule has 0 spiro atoms. The minimum absolute atomic E-state index is 0.548. The third-order valence-electron chi connectivity index (χ3n) is 2.26. The van der Waals surface area contributed by atoms with E-state index in [0.717, 1.165) is 17.4 Å². The fourth-order valence-electron chi connectivity index (χ4n) is 1.49. The van der Waals surface area contributed by atoms with Crippen LogP contribution in [0.3, 0.4) is 0 Å². The molecular weight excluding hydrogens is 243 g/mol. The van der Waals surface area contributed by atoms with Gasteiger partial charge < -0.3 is 0 Å². The molecule has 0 aliphatic carbocycles. The summed E-state index contributed by atoms with van der Waals surface area (Å²) in [5.74, 6) is 0. The van der Waals surface area contributed by atoms with Crippen LogP contribution in [0, 0.1) is 0 Å². The van der Waals surface area contributed by atoms with Gasteiger partial charge in [-0.05, 0) is 23.8 Å². The topological polar surface area (TPSA) is 17.1 Å². The Balaban J connectivity index is 2.52. The molecule has 0 unspecified atom stereocenters. The standard InChI is InChI=1S/C13H8Cl2O/c14-11-3-1-2-10(7-11)12-5-4-9(8-16)6-13(12)15/h1-8H. The van der Waals surface area contributed by atoms with Gasteiger partial charge in [-0.25, -0.2) is 0 Å². The molecule has 0 heterocycles. The lowest BCUT2D eigenvalue weighted by molar-refractivity contribution is 0.112. The first-order chi connectivity index (χ1) is 7.70. The van der Waals surface area contributed by atoms with Gasteiger partial charge in [-0.1, -0.05) is 47.5 Å². The van der Waals surface area contributed by atoms with E-state index in [9.17, 15) is 4.79 Å². The minimum Gasteiger partial charge on any atom is -0.298 e. The first-order valence-corrected chi connectivity index (χ1v) is 5.47. The molecule has 0 radical (unpaired) electrons. The van der Waals surface area contributed by atoms with Crippen molar-refractivity contribution in [1.29, 1.82) is 0 Å². The van der Waals surface area contributed by atoms with Gasteiger partial charge in [0.15, 0.2) is 0 Å². The Labute approximate surface area is 104 Å². The van der Waals surface area contributed by atoms with E-state index < -0.39 is 0 Å². The van der Waals surface area contributed by atoms with Crippen molar-refractivity contribution in [3.05, 3.63) is 58.1 Å². The molecule has 80 valence electrons. The highest BCUT2D eigenvalue weighted by atomic mass is 35.5. The first-order valence-electron chi connectivity index (χ1n) is 4.71. The molecule has 0 amide bonds. The van der Waals surface area contributed by atoms with Gasteiger partial charge in [0.1, 0.15) is 6.29 Å². The van der Waals surface area contributed by atoms with E-state index in [4.69, 9.17) is 23.2 Å². The van der Waals surface area contributed by atoms with Gasteiger partial charge in [-0.2, -0.15) is 0 Å². The molecule has 0 bridgehead atoms. The van der Waals surface area contributed by atoms with E-state index >= 15 is 0 Å². The van der Waals surface area contributed by atoms with Crippen molar-refractivity contribution in [3.8, 4) is 11.1 Å². The molecule has 2 aromatic rings. The molecule has 0 atom stereocenters. The summed E-state index contributed by atoms with van der Waals surface area (Å²) in [7, 11) is 0. The van der Waals surface area contributed by atoms with Gasteiger partial charge in [-0.15, -0.1) is 0 Å². The van der Waals surface area contributed by atoms with Gasteiger partial charge in [0.25, 0.3) is 0 Å². The summed E-state index contributed by atoms with van der Waals surface area (Å²) in [5.41, 5.74) is 2.38. The lowest BCUT2D eigenvalue weighted by Crippen LogP contribution is -1.83. The molecule has 0 N–H and O–H groups in total.